The number of nitrogens with zero attached hydrogens (tertiary/aromatic N) is 1. The van der Waals surface area contributed by atoms with Gasteiger partial charge in [-0.3, -0.25) is 4.79 Å². The van der Waals surface area contributed by atoms with E-state index in [2.05, 4.69) is 0 Å². The molecule has 37 heavy (non-hydrogen) atoms. The number of benzene rings is 3. The summed E-state index contributed by atoms with van der Waals surface area (Å²) in [6, 6.07) is 16.4. The van der Waals surface area contributed by atoms with Crippen LogP contribution in [0.1, 0.15) is 32.8 Å². The first-order valence-electron chi connectivity index (χ1n) is 11.6. The molecule has 3 aromatic rings. The van der Waals surface area contributed by atoms with Crippen LogP contribution in [-0.2, 0) is 30.8 Å². The van der Waals surface area contributed by atoms with Gasteiger partial charge in [-0.2, -0.15) is 0 Å². The first kappa shape index (κ1) is 27.7. The molecule has 0 heterocycles. The van der Waals surface area contributed by atoms with E-state index in [9.17, 15) is 22.8 Å². The molecule has 0 spiro atoms. The van der Waals surface area contributed by atoms with Gasteiger partial charge in [-0.15, -0.1) is 0 Å². The molecule has 3 aromatic carbocycles. The van der Waals surface area contributed by atoms with Crippen LogP contribution in [0, 0.1) is 0 Å². The second-order valence-corrected chi connectivity index (χ2v) is 11.1. The summed E-state index contributed by atoms with van der Waals surface area (Å²) in [5, 5.41) is 2.13. The Hall–Kier alpha value is -3.92. The van der Waals surface area contributed by atoms with Gasteiger partial charge in [-0.1, -0.05) is 54.6 Å². The molecule has 0 radical (unpaired) electrons. The fraction of sp³-hybridized carbons (Fsp3) is 0.296. The number of urea groups is 1. The number of fused-ring (bicyclic) bond motifs is 1. The minimum atomic E-state index is -4.67. The standard InChI is InChI=1S/C27H30N2O7S/c1-27(2,3)36-25(31)17-21(18-30)29(26(28)32)37(33,34)24-14-7-6-13-23(24)35-16-15-20-11-8-10-19-9-4-5-12-22(19)20/h4-14,18,21H,15-17H2,1-3H3,(H2,28,32). The molecule has 1 atom stereocenters. The van der Waals surface area contributed by atoms with E-state index in [-0.39, 0.29) is 27.8 Å². The summed E-state index contributed by atoms with van der Waals surface area (Å²) in [7, 11) is -4.67. The van der Waals surface area contributed by atoms with E-state index in [0.717, 1.165) is 16.3 Å². The van der Waals surface area contributed by atoms with Crippen LogP contribution in [0.5, 0.6) is 5.75 Å². The summed E-state index contributed by atoms with van der Waals surface area (Å²) < 4.78 is 38.2. The van der Waals surface area contributed by atoms with Gasteiger partial charge in [0.1, 0.15) is 28.6 Å². The number of ether oxygens (including phenoxy) is 2. The van der Waals surface area contributed by atoms with E-state index >= 15 is 0 Å². The van der Waals surface area contributed by atoms with Crippen molar-refractivity contribution in [2.75, 3.05) is 6.61 Å². The lowest BCUT2D eigenvalue weighted by Crippen LogP contribution is -2.49. The van der Waals surface area contributed by atoms with Crippen LogP contribution in [0.15, 0.2) is 71.6 Å². The van der Waals surface area contributed by atoms with Crippen molar-refractivity contribution in [3.05, 3.63) is 72.3 Å². The lowest BCUT2D eigenvalue weighted by atomic mass is 10.0. The highest BCUT2D eigenvalue weighted by Crippen LogP contribution is 2.29. The molecule has 9 nitrogen and oxygen atoms in total. The molecule has 1 unspecified atom stereocenters. The summed E-state index contributed by atoms with van der Waals surface area (Å²) in [6.07, 6.45) is -0.0197. The molecule has 0 aliphatic heterocycles. The van der Waals surface area contributed by atoms with Crippen molar-refractivity contribution in [1.82, 2.24) is 4.31 Å². The van der Waals surface area contributed by atoms with Crippen LogP contribution < -0.4 is 10.5 Å². The molecule has 3 rings (SSSR count). The summed E-state index contributed by atoms with van der Waals surface area (Å²) in [5.41, 5.74) is 5.53. The van der Waals surface area contributed by atoms with Crippen LogP contribution in [0.25, 0.3) is 10.8 Å². The minimum absolute atomic E-state index is 0.0177. The molecule has 0 bridgehead atoms. The van der Waals surface area contributed by atoms with Gasteiger partial charge in [0.25, 0.3) is 10.0 Å². The fourth-order valence-electron chi connectivity index (χ4n) is 3.87. The number of rotatable bonds is 10. The highest BCUT2D eigenvalue weighted by Gasteiger charge is 2.38. The second kappa shape index (κ2) is 11.4. The smallest absolute Gasteiger partial charge is 0.329 e. The molecule has 196 valence electrons. The van der Waals surface area contributed by atoms with Crippen molar-refractivity contribution < 1.29 is 32.3 Å². The summed E-state index contributed by atoms with van der Waals surface area (Å²) in [6.45, 7) is 5.01. The highest BCUT2D eigenvalue weighted by molar-refractivity contribution is 7.89. The average molecular weight is 527 g/mol. The van der Waals surface area contributed by atoms with Crippen LogP contribution >= 0.6 is 0 Å². The number of amides is 2. The van der Waals surface area contributed by atoms with E-state index in [1.165, 1.54) is 18.2 Å². The number of primary amides is 1. The van der Waals surface area contributed by atoms with Crippen LogP contribution in [0.3, 0.4) is 0 Å². The van der Waals surface area contributed by atoms with Gasteiger partial charge in [-0.25, -0.2) is 17.5 Å². The van der Waals surface area contributed by atoms with Crippen molar-refractivity contribution >= 4 is 39.1 Å². The van der Waals surface area contributed by atoms with Crippen molar-refractivity contribution in [2.24, 2.45) is 5.73 Å². The third-order valence-electron chi connectivity index (χ3n) is 5.37. The maximum absolute atomic E-state index is 13.5. The first-order valence-corrected chi connectivity index (χ1v) is 13.1. The number of esters is 1. The molecule has 0 aliphatic rings. The van der Waals surface area contributed by atoms with Crippen LogP contribution in [0.4, 0.5) is 4.79 Å². The lowest BCUT2D eigenvalue weighted by Gasteiger charge is -2.27. The third-order valence-corrected chi connectivity index (χ3v) is 7.23. The Bertz CT molecular complexity index is 1390. The van der Waals surface area contributed by atoms with Crippen molar-refractivity contribution in [2.45, 2.75) is 50.2 Å². The second-order valence-electron chi connectivity index (χ2n) is 9.32. The predicted molar refractivity (Wildman–Crippen MR) is 139 cm³/mol. The first-order chi connectivity index (χ1) is 17.4. The molecule has 0 saturated carbocycles. The van der Waals surface area contributed by atoms with Gasteiger partial charge in [0.2, 0.25) is 0 Å². The molecular formula is C27H30N2O7S. The number of sulfonamides is 1. The Kier molecular flexibility index (Phi) is 8.54. The zero-order valence-corrected chi connectivity index (χ0v) is 21.7. The number of aldehydes is 1. The normalized spacial score (nSPS) is 12.5. The number of carbonyl (C=O) groups excluding carboxylic acids is 3. The molecule has 10 heteroatoms. The average Bonchev–Trinajstić information content (AvgIpc) is 2.82. The van der Waals surface area contributed by atoms with Gasteiger partial charge >= 0.3 is 12.0 Å². The maximum Gasteiger partial charge on any atom is 0.329 e. The van der Waals surface area contributed by atoms with E-state index < -0.39 is 40.1 Å². The zero-order valence-electron chi connectivity index (χ0n) is 20.9. The molecule has 0 saturated heterocycles. The number of hydrogen-bond donors (Lipinski definition) is 1. The Balaban J connectivity index is 1.85. The van der Waals surface area contributed by atoms with E-state index in [1.807, 2.05) is 42.5 Å². The van der Waals surface area contributed by atoms with E-state index in [1.54, 1.807) is 26.8 Å². The molecule has 0 fully saturated rings. The van der Waals surface area contributed by atoms with Crippen molar-refractivity contribution in [3.63, 3.8) is 0 Å². The summed E-state index contributed by atoms with van der Waals surface area (Å²) in [4.78, 5) is 36.0. The zero-order chi connectivity index (χ0) is 27.2. The van der Waals surface area contributed by atoms with Gasteiger partial charge in [0, 0.05) is 6.42 Å². The Morgan fingerprint density at radius 2 is 1.65 bits per heavy atom. The third kappa shape index (κ3) is 6.85. The molecule has 2 amide bonds. The molecule has 0 aromatic heterocycles. The number of carbonyl (C=O) groups is 3. The van der Waals surface area contributed by atoms with Gasteiger partial charge in [0.05, 0.1) is 13.0 Å². The van der Waals surface area contributed by atoms with E-state index in [4.69, 9.17) is 15.2 Å². The van der Waals surface area contributed by atoms with Gasteiger partial charge in [-0.05, 0) is 49.2 Å². The summed E-state index contributed by atoms with van der Waals surface area (Å²) >= 11 is 0. The largest absolute Gasteiger partial charge is 0.492 e. The monoisotopic (exact) mass is 526 g/mol. The summed E-state index contributed by atoms with van der Waals surface area (Å²) in [5.74, 6) is -0.874. The van der Waals surface area contributed by atoms with Crippen LogP contribution in [0.2, 0.25) is 0 Å². The molecule has 0 aliphatic carbocycles. The van der Waals surface area contributed by atoms with Crippen molar-refractivity contribution in [1.29, 1.82) is 0 Å². The molecular weight excluding hydrogens is 496 g/mol. The minimum Gasteiger partial charge on any atom is -0.492 e. The topological polar surface area (TPSA) is 133 Å². The predicted octanol–water partition coefficient (Wildman–Crippen LogP) is 3.83. The number of nitrogens with two attached hydrogens (primary N) is 1. The van der Waals surface area contributed by atoms with Crippen molar-refractivity contribution in [3.8, 4) is 5.75 Å². The van der Waals surface area contributed by atoms with Crippen LogP contribution in [-0.4, -0.2) is 49.3 Å². The Labute approximate surface area is 216 Å². The van der Waals surface area contributed by atoms with Gasteiger partial charge < -0.3 is 20.0 Å². The van der Waals surface area contributed by atoms with E-state index in [0.29, 0.717) is 6.42 Å². The Morgan fingerprint density at radius 3 is 2.32 bits per heavy atom. The highest BCUT2D eigenvalue weighted by atomic mass is 32.2. The quantitative estimate of drug-likeness (QED) is 0.313. The number of hydrogen-bond acceptors (Lipinski definition) is 7. The molecule has 2 N–H and O–H groups in total. The Morgan fingerprint density at radius 1 is 1.00 bits per heavy atom. The maximum atomic E-state index is 13.5. The number of para-hydroxylation sites is 1. The fourth-order valence-corrected chi connectivity index (χ4v) is 5.43. The SMILES string of the molecule is CC(C)(C)OC(=O)CC(C=O)N(C(N)=O)S(=O)(=O)c1ccccc1OCCc1cccc2ccccc12. The van der Waals surface area contributed by atoms with Gasteiger partial charge in [0.15, 0.2) is 0 Å². The lowest BCUT2D eigenvalue weighted by molar-refractivity contribution is -0.156.